The van der Waals surface area contributed by atoms with Crippen molar-refractivity contribution in [1.82, 2.24) is 20.3 Å². The first-order valence-electron chi connectivity index (χ1n) is 6.85. The fourth-order valence-electron chi connectivity index (χ4n) is 2.49. The van der Waals surface area contributed by atoms with Crippen LogP contribution in [0.3, 0.4) is 0 Å². The van der Waals surface area contributed by atoms with Gasteiger partial charge >= 0.3 is 0 Å². The van der Waals surface area contributed by atoms with E-state index in [0.717, 1.165) is 18.7 Å². The second-order valence-electron chi connectivity index (χ2n) is 5.49. The van der Waals surface area contributed by atoms with Crippen molar-refractivity contribution in [2.75, 3.05) is 13.1 Å². The number of aryl methyl sites for hydroxylation is 2. The first-order chi connectivity index (χ1) is 9.61. The summed E-state index contributed by atoms with van der Waals surface area (Å²) >= 11 is 0. The van der Waals surface area contributed by atoms with E-state index in [1.807, 2.05) is 26.0 Å². The summed E-state index contributed by atoms with van der Waals surface area (Å²) in [5.41, 5.74) is 3.84. The van der Waals surface area contributed by atoms with Gasteiger partial charge in [0.1, 0.15) is 5.69 Å². The molecular weight excluding hydrogens is 252 g/mol. The van der Waals surface area contributed by atoms with E-state index in [-0.39, 0.29) is 5.78 Å². The molecule has 1 fully saturated rings. The van der Waals surface area contributed by atoms with Crippen LogP contribution in [0.15, 0.2) is 24.4 Å². The minimum absolute atomic E-state index is 0.0218. The Kier molecular flexibility index (Phi) is 3.36. The molecule has 1 aliphatic rings. The molecule has 5 nitrogen and oxygen atoms in total. The van der Waals surface area contributed by atoms with Crippen LogP contribution in [0.5, 0.6) is 0 Å². The maximum atomic E-state index is 12.2. The zero-order valence-electron chi connectivity index (χ0n) is 11.8. The van der Waals surface area contributed by atoms with E-state index in [1.165, 1.54) is 11.1 Å². The molecule has 1 N–H and O–H groups in total. The monoisotopic (exact) mass is 270 g/mol. The molecule has 1 saturated heterocycles. The minimum atomic E-state index is 0.0218. The van der Waals surface area contributed by atoms with Crippen molar-refractivity contribution in [1.29, 1.82) is 0 Å². The van der Waals surface area contributed by atoms with Crippen molar-refractivity contribution < 1.29 is 4.79 Å². The fourth-order valence-corrected chi connectivity index (χ4v) is 2.49. The first kappa shape index (κ1) is 13.0. The molecular formula is C15H18N4O. The van der Waals surface area contributed by atoms with Crippen LogP contribution in [-0.4, -0.2) is 33.9 Å². The van der Waals surface area contributed by atoms with Crippen LogP contribution in [0.1, 0.15) is 33.2 Å². The molecule has 0 aliphatic carbocycles. The number of hydrogen-bond donors (Lipinski definition) is 1. The second kappa shape index (κ2) is 5.17. The minimum Gasteiger partial charge on any atom is -0.312 e. The van der Waals surface area contributed by atoms with E-state index in [0.29, 0.717) is 18.2 Å². The van der Waals surface area contributed by atoms with Crippen molar-refractivity contribution >= 4 is 5.78 Å². The number of ketones is 1. The number of nitrogens with zero attached hydrogens (tertiary/aromatic N) is 3. The number of nitrogens with one attached hydrogen (secondary N) is 1. The predicted molar refractivity (Wildman–Crippen MR) is 75.9 cm³/mol. The molecule has 0 amide bonds. The molecule has 1 aromatic carbocycles. The molecule has 0 saturated carbocycles. The SMILES string of the molecule is Cc1cc(C)cc(CC(=O)c2cn(C3CNC3)nn2)c1. The Morgan fingerprint density at radius 3 is 2.60 bits per heavy atom. The Balaban J connectivity index is 1.73. The summed E-state index contributed by atoms with van der Waals surface area (Å²) in [7, 11) is 0. The zero-order chi connectivity index (χ0) is 14.1. The van der Waals surface area contributed by atoms with E-state index in [9.17, 15) is 4.79 Å². The molecule has 0 radical (unpaired) electrons. The average Bonchev–Trinajstić information content (AvgIpc) is 2.74. The standard InChI is InChI=1S/C15H18N4O/c1-10-3-11(2)5-12(4-10)6-15(20)14-9-19(18-17-14)13-7-16-8-13/h3-5,9,13,16H,6-8H2,1-2H3. The van der Waals surface area contributed by atoms with Gasteiger partial charge in [-0.2, -0.15) is 0 Å². The van der Waals surface area contributed by atoms with Crippen LogP contribution in [0.2, 0.25) is 0 Å². The van der Waals surface area contributed by atoms with E-state index < -0.39 is 0 Å². The summed E-state index contributed by atoms with van der Waals surface area (Å²) in [5, 5.41) is 11.2. The first-order valence-corrected chi connectivity index (χ1v) is 6.85. The second-order valence-corrected chi connectivity index (χ2v) is 5.49. The largest absolute Gasteiger partial charge is 0.312 e. The third-order valence-electron chi connectivity index (χ3n) is 3.58. The van der Waals surface area contributed by atoms with E-state index in [1.54, 1.807) is 10.9 Å². The quantitative estimate of drug-likeness (QED) is 0.855. The van der Waals surface area contributed by atoms with Crippen LogP contribution in [0.4, 0.5) is 0 Å². The van der Waals surface area contributed by atoms with Gasteiger partial charge in [0.2, 0.25) is 0 Å². The van der Waals surface area contributed by atoms with Crippen molar-refractivity contribution in [3.05, 3.63) is 46.8 Å². The van der Waals surface area contributed by atoms with Gasteiger partial charge in [0.15, 0.2) is 5.78 Å². The Labute approximate surface area is 118 Å². The van der Waals surface area contributed by atoms with Gasteiger partial charge < -0.3 is 5.32 Å². The van der Waals surface area contributed by atoms with Crippen molar-refractivity contribution in [2.45, 2.75) is 26.3 Å². The Morgan fingerprint density at radius 1 is 1.30 bits per heavy atom. The van der Waals surface area contributed by atoms with Gasteiger partial charge in [-0.1, -0.05) is 34.5 Å². The number of hydrogen-bond acceptors (Lipinski definition) is 4. The lowest BCUT2D eigenvalue weighted by atomic mass is 10.0. The van der Waals surface area contributed by atoms with E-state index in [4.69, 9.17) is 0 Å². The third kappa shape index (κ3) is 2.63. The van der Waals surface area contributed by atoms with Gasteiger partial charge in [-0.25, -0.2) is 4.68 Å². The summed E-state index contributed by atoms with van der Waals surface area (Å²) in [6, 6.07) is 6.54. The van der Waals surface area contributed by atoms with Gasteiger partial charge in [0.05, 0.1) is 12.2 Å². The van der Waals surface area contributed by atoms with Crippen molar-refractivity contribution in [3.63, 3.8) is 0 Å². The average molecular weight is 270 g/mol. The lowest BCUT2D eigenvalue weighted by molar-refractivity contribution is 0.0988. The fraction of sp³-hybridized carbons (Fsp3) is 0.400. The molecule has 2 aromatic rings. The molecule has 104 valence electrons. The van der Waals surface area contributed by atoms with Crippen LogP contribution < -0.4 is 5.32 Å². The summed E-state index contributed by atoms with van der Waals surface area (Å²) < 4.78 is 1.78. The maximum Gasteiger partial charge on any atom is 0.189 e. The maximum absolute atomic E-state index is 12.2. The number of benzene rings is 1. The summed E-state index contributed by atoms with van der Waals surface area (Å²) in [6.07, 6.45) is 2.14. The summed E-state index contributed by atoms with van der Waals surface area (Å²) in [5.74, 6) is 0.0218. The van der Waals surface area contributed by atoms with Crippen molar-refractivity contribution in [3.8, 4) is 0 Å². The number of carbonyl (C=O) groups excluding carboxylic acids is 1. The molecule has 2 heterocycles. The number of carbonyl (C=O) groups is 1. The zero-order valence-corrected chi connectivity index (χ0v) is 11.8. The van der Waals surface area contributed by atoms with Gasteiger partial charge in [-0.3, -0.25) is 4.79 Å². The van der Waals surface area contributed by atoms with Crippen LogP contribution in [-0.2, 0) is 6.42 Å². The topological polar surface area (TPSA) is 59.8 Å². The summed E-state index contributed by atoms with van der Waals surface area (Å²) in [4.78, 5) is 12.2. The molecule has 0 spiro atoms. The lowest BCUT2D eigenvalue weighted by Gasteiger charge is -2.26. The normalized spacial score (nSPS) is 15.1. The van der Waals surface area contributed by atoms with Crippen LogP contribution >= 0.6 is 0 Å². The molecule has 1 aliphatic heterocycles. The molecule has 1 aromatic heterocycles. The smallest absolute Gasteiger partial charge is 0.189 e. The molecule has 0 atom stereocenters. The number of aromatic nitrogens is 3. The molecule has 5 heteroatoms. The van der Waals surface area contributed by atoms with E-state index >= 15 is 0 Å². The number of Topliss-reactive ketones (excluding diaryl/α,β-unsaturated/α-hetero) is 1. The van der Waals surface area contributed by atoms with Crippen LogP contribution in [0, 0.1) is 13.8 Å². The predicted octanol–water partition coefficient (Wildman–Crippen LogP) is 1.46. The Morgan fingerprint density at radius 2 is 2.00 bits per heavy atom. The van der Waals surface area contributed by atoms with E-state index in [2.05, 4.69) is 21.7 Å². The van der Waals surface area contributed by atoms with Gasteiger partial charge in [-0.15, -0.1) is 5.10 Å². The highest BCUT2D eigenvalue weighted by Gasteiger charge is 2.21. The van der Waals surface area contributed by atoms with Gasteiger partial charge in [0.25, 0.3) is 0 Å². The van der Waals surface area contributed by atoms with Gasteiger partial charge in [0, 0.05) is 19.5 Å². The highest BCUT2D eigenvalue weighted by atomic mass is 16.1. The van der Waals surface area contributed by atoms with Crippen LogP contribution in [0.25, 0.3) is 0 Å². The summed E-state index contributed by atoms with van der Waals surface area (Å²) in [6.45, 7) is 5.88. The highest BCUT2D eigenvalue weighted by Crippen LogP contribution is 2.13. The van der Waals surface area contributed by atoms with Gasteiger partial charge in [-0.05, 0) is 19.4 Å². The number of rotatable bonds is 4. The molecule has 0 unspecified atom stereocenters. The Hall–Kier alpha value is -2.01. The molecule has 3 rings (SSSR count). The third-order valence-corrected chi connectivity index (χ3v) is 3.58. The molecule has 0 bridgehead atoms. The highest BCUT2D eigenvalue weighted by molar-refractivity contribution is 5.95. The molecule has 20 heavy (non-hydrogen) atoms. The van der Waals surface area contributed by atoms with Crippen molar-refractivity contribution in [2.24, 2.45) is 0 Å². The Bertz CT molecular complexity index is 623. The lowest BCUT2D eigenvalue weighted by Crippen LogP contribution is -2.43.